The highest BCUT2D eigenvalue weighted by Gasteiger charge is 2.11. The Balaban J connectivity index is 2.56. The summed E-state index contributed by atoms with van der Waals surface area (Å²) in [5.74, 6) is 0.540. The molecule has 5 heteroatoms. The van der Waals surface area contributed by atoms with E-state index in [0.717, 1.165) is 0 Å². The van der Waals surface area contributed by atoms with E-state index in [0.29, 0.717) is 24.6 Å². The Hall–Kier alpha value is -1.85. The van der Waals surface area contributed by atoms with Gasteiger partial charge in [0.2, 0.25) is 5.91 Å². The van der Waals surface area contributed by atoms with Gasteiger partial charge in [-0.05, 0) is 12.1 Å². The molecule has 1 aromatic carbocycles. The fourth-order valence-electron chi connectivity index (χ4n) is 1.50. The van der Waals surface area contributed by atoms with Gasteiger partial charge in [-0.25, -0.2) is 0 Å². The monoisotopic (exact) mass is 264 g/mol. The van der Waals surface area contributed by atoms with Gasteiger partial charge < -0.3 is 20.5 Å². The highest BCUT2D eigenvalue weighted by Crippen LogP contribution is 2.17. The van der Waals surface area contributed by atoms with Crippen molar-refractivity contribution in [1.29, 1.82) is 0 Å². The zero-order valence-electron chi connectivity index (χ0n) is 11.1. The molecule has 0 aliphatic rings. The second kappa shape index (κ2) is 8.29. The summed E-state index contributed by atoms with van der Waals surface area (Å²) in [6, 6.07) is 7.18. The molecule has 0 saturated heterocycles. The first-order valence-corrected chi connectivity index (χ1v) is 6.06. The van der Waals surface area contributed by atoms with Crippen LogP contribution in [0.15, 0.2) is 36.9 Å². The molecule has 0 radical (unpaired) electrons. The zero-order valence-corrected chi connectivity index (χ0v) is 11.1. The molecule has 1 unspecified atom stereocenters. The van der Waals surface area contributed by atoms with Crippen LogP contribution in [0.25, 0.3) is 0 Å². The van der Waals surface area contributed by atoms with Gasteiger partial charge in [-0.15, -0.1) is 0 Å². The van der Waals surface area contributed by atoms with Crippen LogP contribution in [-0.2, 0) is 9.53 Å². The van der Waals surface area contributed by atoms with E-state index in [9.17, 15) is 4.79 Å². The van der Waals surface area contributed by atoms with E-state index in [2.05, 4.69) is 11.9 Å². The minimum Gasteiger partial charge on any atom is -0.489 e. The number of nitrogens with one attached hydrogen (secondary N) is 1. The molecule has 19 heavy (non-hydrogen) atoms. The van der Waals surface area contributed by atoms with E-state index in [-0.39, 0.29) is 18.4 Å². The third-order valence-corrected chi connectivity index (χ3v) is 2.49. The van der Waals surface area contributed by atoms with Gasteiger partial charge in [0, 0.05) is 25.4 Å². The van der Waals surface area contributed by atoms with Crippen LogP contribution in [0.1, 0.15) is 6.42 Å². The van der Waals surface area contributed by atoms with Crippen LogP contribution >= 0.6 is 0 Å². The maximum atomic E-state index is 11.8. The first-order valence-electron chi connectivity index (χ1n) is 6.06. The topological polar surface area (TPSA) is 73.6 Å². The average Bonchev–Trinajstić information content (AvgIpc) is 2.43. The zero-order chi connectivity index (χ0) is 14.1. The Morgan fingerprint density at radius 3 is 3.00 bits per heavy atom. The molecule has 1 amide bonds. The van der Waals surface area contributed by atoms with Crippen molar-refractivity contribution in [3.8, 4) is 5.75 Å². The Labute approximate surface area is 113 Å². The van der Waals surface area contributed by atoms with E-state index < -0.39 is 0 Å². The van der Waals surface area contributed by atoms with Crippen LogP contribution in [0, 0.1) is 0 Å². The minimum absolute atomic E-state index is 0.141. The van der Waals surface area contributed by atoms with Crippen molar-refractivity contribution in [2.75, 3.05) is 25.6 Å². The quantitative estimate of drug-likeness (QED) is 0.699. The average molecular weight is 264 g/mol. The molecule has 0 aromatic heterocycles. The van der Waals surface area contributed by atoms with Crippen LogP contribution in [0.2, 0.25) is 0 Å². The maximum absolute atomic E-state index is 11.8. The number of benzene rings is 1. The Bertz CT molecular complexity index is 417. The fourth-order valence-corrected chi connectivity index (χ4v) is 1.50. The summed E-state index contributed by atoms with van der Waals surface area (Å²) in [6.07, 6.45) is 1.63. The lowest BCUT2D eigenvalue weighted by molar-refractivity contribution is -0.118. The molecule has 0 spiro atoms. The maximum Gasteiger partial charge on any atom is 0.227 e. The number of nitrogens with two attached hydrogens (primary N) is 1. The lowest BCUT2D eigenvalue weighted by Crippen LogP contribution is -2.28. The van der Waals surface area contributed by atoms with E-state index in [1.54, 1.807) is 18.2 Å². The van der Waals surface area contributed by atoms with Gasteiger partial charge >= 0.3 is 0 Å². The summed E-state index contributed by atoms with van der Waals surface area (Å²) in [7, 11) is 1.54. The fraction of sp³-hybridized carbons (Fsp3) is 0.357. The summed E-state index contributed by atoms with van der Waals surface area (Å²) in [6.45, 7) is 4.32. The second-order valence-electron chi connectivity index (χ2n) is 3.97. The van der Waals surface area contributed by atoms with Crippen LogP contribution < -0.4 is 15.8 Å². The predicted octanol–water partition coefficient (Wildman–Crippen LogP) is 1.55. The summed E-state index contributed by atoms with van der Waals surface area (Å²) in [5.41, 5.74) is 6.15. The number of carbonyl (C=O) groups excluding carboxylic acids is 1. The van der Waals surface area contributed by atoms with E-state index in [4.69, 9.17) is 15.2 Å². The van der Waals surface area contributed by atoms with E-state index in [1.807, 2.05) is 12.1 Å². The Morgan fingerprint density at radius 2 is 2.37 bits per heavy atom. The molecule has 0 heterocycles. The lowest BCUT2D eigenvalue weighted by Gasteiger charge is -2.13. The second-order valence-corrected chi connectivity index (χ2v) is 3.97. The predicted molar refractivity (Wildman–Crippen MR) is 75.2 cm³/mol. The highest BCUT2D eigenvalue weighted by molar-refractivity contribution is 5.91. The van der Waals surface area contributed by atoms with Crippen LogP contribution in [0.5, 0.6) is 5.75 Å². The SMILES string of the molecule is C=CCOc1cccc(NC(=O)CC(CN)OC)c1. The van der Waals surface area contributed by atoms with Crippen molar-refractivity contribution >= 4 is 11.6 Å². The van der Waals surface area contributed by atoms with Gasteiger partial charge in [-0.3, -0.25) is 4.79 Å². The smallest absolute Gasteiger partial charge is 0.227 e. The van der Waals surface area contributed by atoms with Crippen LogP contribution in [0.3, 0.4) is 0 Å². The van der Waals surface area contributed by atoms with Crippen molar-refractivity contribution in [3.05, 3.63) is 36.9 Å². The molecular weight excluding hydrogens is 244 g/mol. The first kappa shape index (κ1) is 15.2. The third kappa shape index (κ3) is 5.54. The summed E-state index contributed by atoms with van der Waals surface area (Å²) in [4.78, 5) is 11.8. The lowest BCUT2D eigenvalue weighted by atomic mass is 10.2. The van der Waals surface area contributed by atoms with Gasteiger partial charge in [-0.2, -0.15) is 0 Å². The van der Waals surface area contributed by atoms with Gasteiger partial charge in [-0.1, -0.05) is 18.7 Å². The molecule has 5 nitrogen and oxygen atoms in total. The molecule has 1 aromatic rings. The third-order valence-electron chi connectivity index (χ3n) is 2.49. The van der Waals surface area contributed by atoms with Crippen molar-refractivity contribution in [2.24, 2.45) is 5.73 Å². The number of hydrogen-bond acceptors (Lipinski definition) is 4. The molecule has 0 aliphatic carbocycles. The summed E-state index contributed by atoms with van der Waals surface area (Å²) < 4.78 is 10.4. The van der Waals surface area contributed by atoms with Gasteiger partial charge in [0.25, 0.3) is 0 Å². The van der Waals surface area contributed by atoms with Crippen molar-refractivity contribution in [3.63, 3.8) is 0 Å². The van der Waals surface area contributed by atoms with E-state index >= 15 is 0 Å². The largest absolute Gasteiger partial charge is 0.489 e. The van der Waals surface area contributed by atoms with Gasteiger partial charge in [0.1, 0.15) is 12.4 Å². The molecule has 1 rings (SSSR count). The molecule has 1 atom stereocenters. The Morgan fingerprint density at radius 1 is 1.58 bits per heavy atom. The number of anilines is 1. The number of hydrogen-bond donors (Lipinski definition) is 2. The van der Waals surface area contributed by atoms with Crippen molar-refractivity contribution in [2.45, 2.75) is 12.5 Å². The van der Waals surface area contributed by atoms with Crippen LogP contribution in [-0.4, -0.2) is 32.3 Å². The molecule has 0 saturated carbocycles. The number of methoxy groups -OCH3 is 1. The normalized spacial score (nSPS) is 11.7. The van der Waals surface area contributed by atoms with Gasteiger partial charge in [0.05, 0.1) is 12.5 Å². The molecule has 0 aliphatic heterocycles. The number of carbonyl (C=O) groups is 1. The molecule has 0 bridgehead atoms. The summed E-state index contributed by atoms with van der Waals surface area (Å²) >= 11 is 0. The summed E-state index contributed by atoms with van der Waals surface area (Å²) in [5, 5.41) is 2.78. The molecule has 104 valence electrons. The van der Waals surface area contributed by atoms with Crippen LogP contribution in [0.4, 0.5) is 5.69 Å². The molecule has 3 N–H and O–H groups in total. The van der Waals surface area contributed by atoms with Gasteiger partial charge in [0.15, 0.2) is 0 Å². The minimum atomic E-state index is -0.264. The number of amides is 1. The molecular formula is C14H20N2O3. The molecule has 0 fully saturated rings. The standard InChI is InChI=1S/C14H20N2O3/c1-3-7-19-12-6-4-5-11(8-12)16-14(17)9-13(10-15)18-2/h3-6,8,13H,1,7,9-10,15H2,2H3,(H,16,17). The van der Waals surface area contributed by atoms with Crippen molar-refractivity contribution < 1.29 is 14.3 Å². The van der Waals surface area contributed by atoms with E-state index in [1.165, 1.54) is 7.11 Å². The van der Waals surface area contributed by atoms with Crippen molar-refractivity contribution in [1.82, 2.24) is 0 Å². The highest BCUT2D eigenvalue weighted by atomic mass is 16.5. The number of rotatable bonds is 8. The number of ether oxygens (including phenoxy) is 2. The first-order chi connectivity index (χ1) is 9.19. The Kier molecular flexibility index (Phi) is 6.63.